The minimum Gasteiger partial charge on any atom is -0.493 e. The summed E-state index contributed by atoms with van der Waals surface area (Å²) in [6, 6.07) is 5.80. The van der Waals surface area contributed by atoms with Gasteiger partial charge in [-0.2, -0.15) is 0 Å². The van der Waals surface area contributed by atoms with Gasteiger partial charge >= 0.3 is 0 Å². The van der Waals surface area contributed by atoms with Gasteiger partial charge in [-0.25, -0.2) is 0 Å². The number of rotatable bonds is 5. The topological polar surface area (TPSA) is 38.5 Å². The average Bonchev–Trinajstić information content (AvgIpc) is 2.19. The van der Waals surface area contributed by atoms with Gasteiger partial charge in [-0.3, -0.25) is 0 Å². The maximum Gasteiger partial charge on any atom is 0.119 e. The highest BCUT2D eigenvalue weighted by molar-refractivity contribution is 5.49. The lowest BCUT2D eigenvalue weighted by atomic mass is 10.2. The molecular formula is C13H22N2O. The summed E-state index contributed by atoms with van der Waals surface area (Å²) in [6.45, 7) is 5.95. The first-order valence-corrected chi connectivity index (χ1v) is 5.62. The molecule has 0 aromatic heterocycles. The molecule has 3 nitrogen and oxygen atoms in total. The van der Waals surface area contributed by atoms with Crippen LogP contribution >= 0.6 is 0 Å². The lowest BCUT2D eigenvalue weighted by molar-refractivity contribution is 0.222. The van der Waals surface area contributed by atoms with E-state index in [2.05, 4.69) is 25.9 Å². The molecule has 1 rings (SSSR count). The summed E-state index contributed by atoms with van der Waals surface area (Å²) < 4.78 is 5.72. The molecule has 16 heavy (non-hydrogen) atoms. The lowest BCUT2D eigenvalue weighted by Gasteiger charge is -2.17. The summed E-state index contributed by atoms with van der Waals surface area (Å²) in [4.78, 5) is 2.17. The fourth-order valence-corrected chi connectivity index (χ4v) is 1.65. The van der Waals surface area contributed by atoms with Crippen LogP contribution in [0, 0.1) is 12.8 Å². The van der Waals surface area contributed by atoms with Crippen LogP contribution in [-0.4, -0.2) is 32.1 Å². The summed E-state index contributed by atoms with van der Waals surface area (Å²) in [7, 11) is 4.15. The molecule has 1 atom stereocenters. The molecule has 0 amide bonds. The third-order valence-electron chi connectivity index (χ3n) is 2.45. The number of nitrogens with two attached hydrogens (primary N) is 1. The fourth-order valence-electron chi connectivity index (χ4n) is 1.65. The first kappa shape index (κ1) is 12.8. The van der Waals surface area contributed by atoms with Crippen molar-refractivity contribution in [2.75, 3.05) is 33.0 Å². The van der Waals surface area contributed by atoms with Crippen LogP contribution < -0.4 is 10.5 Å². The van der Waals surface area contributed by atoms with E-state index in [1.807, 2.05) is 25.1 Å². The quantitative estimate of drug-likeness (QED) is 0.776. The number of anilines is 1. The van der Waals surface area contributed by atoms with Gasteiger partial charge < -0.3 is 15.4 Å². The van der Waals surface area contributed by atoms with E-state index in [4.69, 9.17) is 10.5 Å². The van der Waals surface area contributed by atoms with Crippen LogP contribution in [0.1, 0.15) is 12.5 Å². The predicted molar refractivity (Wildman–Crippen MR) is 68.8 cm³/mol. The van der Waals surface area contributed by atoms with Gasteiger partial charge in [-0.05, 0) is 44.8 Å². The van der Waals surface area contributed by atoms with Crippen molar-refractivity contribution in [3.05, 3.63) is 23.8 Å². The molecule has 90 valence electrons. The van der Waals surface area contributed by atoms with E-state index in [-0.39, 0.29) is 0 Å². The van der Waals surface area contributed by atoms with Crippen molar-refractivity contribution < 1.29 is 4.74 Å². The summed E-state index contributed by atoms with van der Waals surface area (Å²) in [5, 5.41) is 0. The van der Waals surface area contributed by atoms with Gasteiger partial charge in [0.15, 0.2) is 0 Å². The van der Waals surface area contributed by atoms with Crippen molar-refractivity contribution in [3.8, 4) is 5.75 Å². The molecule has 0 aliphatic heterocycles. The zero-order valence-corrected chi connectivity index (χ0v) is 10.7. The molecule has 3 heteroatoms. The molecule has 1 aromatic rings. The Kier molecular flexibility index (Phi) is 4.62. The van der Waals surface area contributed by atoms with E-state index in [0.29, 0.717) is 5.92 Å². The maximum atomic E-state index is 5.75. The molecule has 0 saturated carbocycles. The van der Waals surface area contributed by atoms with Crippen LogP contribution in [0.15, 0.2) is 18.2 Å². The van der Waals surface area contributed by atoms with Gasteiger partial charge in [0.25, 0.3) is 0 Å². The van der Waals surface area contributed by atoms with Crippen LogP contribution in [0.3, 0.4) is 0 Å². The average molecular weight is 222 g/mol. The van der Waals surface area contributed by atoms with Crippen LogP contribution in [0.5, 0.6) is 5.75 Å². The van der Waals surface area contributed by atoms with Crippen molar-refractivity contribution in [1.82, 2.24) is 4.90 Å². The summed E-state index contributed by atoms with van der Waals surface area (Å²) in [6.07, 6.45) is 0. The molecule has 0 aliphatic carbocycles. The molecule has 1 aromatic carbocycles. The smallest absolute Gasteiger partial charge is 0.119 e. The Hall–Kier alpha value is -1.22. The number of nitrogens with zero attached hydrogens (tertiary/aromatic N) is 1. The van der Waals surface area contributed by atoms with Crippen LogP contribution in [0.4, 0.5) is 5.69 Å². The first-order chi connectivity index (χ1) is 7.49. The maximum absolute atomic E-state index is 5.75. The van der Waals surface area contributed by atoms with Crippen LogP contribution in [0.25, 0.3) is 0 Å². The number of nitrogen functional groups attached to an aromatic ring is 1. The normalized spacial score (nSPS) is 12.8. The summed E-state index contributed by atoms with van der Waals surface area (Å²) in [5.41, 5.74) is 7.63. The first-order valence-electron chi connectivity index (χ1n) is 5.62. The standard InChI is InChI=1S/C13H22N2O/c1-10(8-15(3)4)9-16-12-5-6-13(14)11(2)7-12/h5-7,10H,8-9,14H2,1-4H3. The number of aryl methyl sites for hydroxylation is 1. The largest absolute Gasteiger partial charge is 0.493 e. The zero-order valence-electron chi connectivity index (χ0n) is 10.7. The molecule has 0 saturated heterocycles. The molecule has 0 aliphatic rings. The predicted octanol–water partition coefficient (Wildman–Crippen LogP) is 2.15. The number of ether oxygens (including phenoxy) is 1. The molecule has 0 spiro atoms. The number of hydrogen-bond acceptors (Lipinski definition) is 3. The second-order valence-electron chi connectivity index (χ2n) is 4.70. The van der Waals surface area contributed by atoms with Crippen molar-refractivity contribution in [2.24, 2.45) is 5.92 Å². The molecule has 2 N–H and O–H groups in total. The zero-order chi connectivity index (χ0) is 12.1. The van der Waals surface area contributed by atoms with Gasteiger partial charge in [0.2, 0.25) is 0 Å². The van der Waals surface area contributed by atoms with E-state index in [0.717, 1.165) is 30.2 Å². The highest BCUT2D eigenvalue weighted by atomic mass is 16.5. The lowest BCUT2D eigenvalue weighted by Crippen LogP contribution is -2.24. The van der Waals surface area contributed by atoms with Crippen LogP contribution in [0.2, 0.25) is 0 Å². The minimum absolute atomic E-state index is 0.521. The number of benzene rings is 1. The van der Waals surface area contributed by atoms with Gasteiger partial charge in [0, 0.05) is 18.2 Å². The molecule has 0 radical (unpaired) electrons. The molecule has 0 fully saturated rings. The Morgan fingerprint density at radius 2 is 2.06 bits per heavy atom. The Morgan fingerprint density at radius 1 is 1.38 bits per heavy atom. The molecule has 0 heterocycles. The Morgan fingerprint density at radius 3 is 2.62 bits per heavy atom. The second kappa shape index (κ2) is 5.75. The van der Waals surface area contributed by atoms with E-state index < -0.39 is 0 Å². The van der Waals surface area contributed by atoms with Crippen molar-refractivity contribution in [3.63, 3.8) is 0 Å². The Balaban J connectivity index is 2.45. The van der Waals surface area contributed by atoms with Crippen molar-refractivity contribution in [2.45, 2.75) is 13.8 Å². The Bertz CT molecular complexity index is 337. The molecular weight excluding hydrogens is 200 g/mol. The van der Waals surface area contributed by atoms with E-state index in [9.17, 15) is 0 Å². The van der Waals surface area contributed by atoms with Crippen molar-refractivity contribution >= 4 is 5.69 Å². The molecule has 1 unspecified atom stereocenters. The number of hydrogen-bond donors (Lipinski definition) is 1. The van der Waals surface area contributed by atoms with Crippen LogP contribution in [-0.2, 0) is 0 Å². The molecule has 0 bridgehead atoms. The van der Waals surface area contributed by atoms with E-state index >= 15 is 0 Å². The highest BCUT2D eigenvalue weighted by Crippen LogP contribution is 2.19. The third-order valence-corrected chi connectivity index (χ3v) is 2.45. The van der Waals surface area contributed by atoms with Gasteiger partial charge in [-0.15, -0.1) is 0 Å². The van der Waals surface area contributed by atoms with Gasteiger partial charge in [0.05, 0.1) is 6.61 Å². The van der Waals surface area contributed by atoms with Crippen molar-refractivity contribution in [1.29, 1.82) is 0 Å². The third kappa shape index (κ3) is 4.11. The summed E-state index contributed by atoms with van der Waals surface area (Å²) in [5.74, 6) is 1.42. The Labute approximate surface area is 98.2 Å². The summed E-state index contributed by atoms with van der Waals surface area (Å²) >= 11 is 0. The monoisotopic (exact) mass is 222 g/mol. The van der Waals surface area contributed by atoms with Gasteiger partial charge in [-0.1, -0.05) is 6.92 Å². The van der Waals surface area contributed by atoms with E-state index in [1.54, 1.807) is 0 Å². The van der Waals surface area contributed by atoms with Gasteiger partial charge in [0.1, 0.15) is 5.75 Å². The highest BCUT2D eigenvalue weighted by Gasteiger charge is 2.05. The fraction of sp³-hybridized carbons (Fsp3) is 0.538. The second-order valence-corrected chi connectivity index (χ2v) is 4.70. The van der Waals surface area contributed by atoms with E-state index in [1.165, 1.54) is 0 Å². The minimum atomic E-state index is 0.521. The SMILES string of the molecule is Cc1cc(OCC(C)CN(C)C)ccc1N.